The van der Waals surface area contributed by atoms with E-state index < -0.39 is 0 Å². The maximum Gasteiger partial charge on any atom is 0.257 e. The smallest absolute Gasteiger partial charge is 0.257 e. The Morgan fingerprint density at radius 3 is 2.74 bits per heavy atom. The molecule has 0 fully saturated rings. The van der Waals surface area contributed by atoms with E-state index in [9.17, 15) is 4.79 Å². The Kier molecular flexibility index (Phi) is 5.80. The van der Waals surface area contributed by atoms with E-state index in [0.717, 1.165) is 11.4 Å². The van der Waals surface area contributed by atoms with Crippen molar-refractivity contribution in [1.29, 1.82) is 0 Å². The van der Waals surface area contributed by atoms with Crippen LogP contribution in [-0.2, 0) is 0 Å². The van der Waals surface area contributed by atoms with Gasteiger partial charge in [-0.05, 0) is 31.0 Å². The zero-order chi connectivity index (χ0) is 17.0. The van der Waals surface area contributed by atoms with Gasteiger partial charge in [0.1, 0.15) is 0 Å². The largest absolute Gasteiger partial charge is 0.395 e. The number of aromatic nitrogens is 2. The van der Waals surface area contributed by atoms with Crippen molar-refractivity contribution in [3.63, 3.8) is 0 Å². The number of hydrogen-bond donors (Lipinski definition) is 1. The minimum Gasteiger partial charge on any atom is -0.395 e. The lowest BCUT2D eigenvalue weighted by Crippen LogP contribution is -2.33. The van der Waals surface area contributed by atoms with Gasteiger partial charge < -0.3 is 10.0 Å². The van der Waals surface area contributed by atoms with Crippen molar-refractivity contribution < 1.29 is 9.90 Å². The van der Waals surface area contributed by atoms with Gasteiger partial charge in [-0.3, -0.25) is 4.79 Å². The van der Waals surface area contributed by atoms with Gasteiger partial charge in [0, 0.05) is 18.1 Å². The van der Waals surface area contributed by atoms with E-state index in [1.165, 1.54) is 0 Å². The molecule has 0 unspecified atom stereocenters. The maximum atomic E-state index is 12.7. The van der Waals surface area contributed by atoms with Crippen molar-refractivity contribution in [2.45, 2.75) is 26.7 Å². The van der Waals surface area contributed by atoms with Crippen molar-refractivity contribution >= 4 is 17.5 Å². The van der Waals surface area contributed by atoms with Crippen LogP contribution in [0.2, 0.25) is 5.02 Å². The summed E-state index contributed by atoms with van der Waals surface area (Å²) in [6.07, 6.45) is 1.60. The number of aliphatic hydroxyl groups excluding tert-OH is 1. The summed E-state index contributed by atoms with van der Waals surface area (Å²) in [5.41, 5.74) is 2.23. The summed E-state index contributed by atoms with van der Waals surface area (Å²) in [5, 5.41) is 14.1. The quantitative estimate of drug-likeness (QED) is 0.882. The number of rotatable bonds is 6. The first kappa shape index (κ1) is 17.5. The van der Waals surface area contributed by atoms with E-state index in [-0.39, 0.29) is 18.4 Å². The summed E-state index contributed by atoms with van der Waals surface area (Å²) in [7, 11) is 0. The molecule has 0 bridgehead atoms. The number of carbonyl (C=O) groups is 1. The molecule has 0 radical (unpaired) electrons. The fraction of sp³-hybridized carbons (Fsp3) is 0.412. The molecule has 0 spiro atoms. The number of halogens is 1. The molecule has 2 rings (SSSR count). The highest BCUT2D eigenvalue weighted by Crippen LogP contribution is 2.25. The molecule has 1 amide bonds. The van der Waals surface area contributed by atoms with Gasteiger partial charge in [0.15, 0.2) is 0 Å². The standard InChI is InChI=1S/C17H22ClN3O2/c1-4-20(8-9-22)17(23)15-11-19-21(16(15)12(2)3)14-7-5-6-13(18)10-14/h5-7,10-12,22H,4,8-9H2,1-3H3. The number of carbonyl (C=O) groups excluding carboxylic acids is 1. The average molecular weight is 336 g/mol. The van der Waals surface area contributed by atoms with Crippen LogP contribution in [0, 0.1) is 0 Å². The summed E-state index contributed by atoms with van der Waals surface area (Å²) in [6.45, 7) is 6.74. The van der Waals surface area contributed by atoms with E-state index in [1.807, 2.05) is 39.0 Å². The van der Waals surface area contributed by atoms with Crippen LogP contribution in [0.5, 0.6) is 0 Å². The normalized spacial score (nSPS) is 11.0. The third kappa shape index (κ3) is 3.74. The first-order valence-electron chi connectivity index (χ1n) is 7.73. The van der Waals surface area contributed by atoms with Crippen LogP contribution in [-0.4, -0.2) is 45.4 Å². The molecule has 0 saturated heterocycles. The Bertz CT molecular complexity index is 682. The molecular weight excluding hydrogens is 314 g/mol. The fourth-order valence-electron chi connectivity index (χ4n) is 2.59. The van der Waals surface area contributed by atoms with Gasteiger partial charge in [-0.15, -0.1) is 0 Å². The van der Waals surface area contributed by atoms with Crippen LogP contribution in [0.3, 0.4) is 0 Å². The average Bonchev–Trinajstić information content (AvgIpc) is 2.97. The third-order valence-corrected chi connectivity index (χ3v) is 3.91. The lowest BCUT2D eigenvalue weighted by atomic mass is 10.0. The van der Waals surface area contributed by atoms with E-state index in [0.29, 0.717) is 23.7 Å². The highest BCUT2D eigenvalue weighted by molar-refractivity contribution is 6.30. The zero-order valence-corrected chi connectivity index (χ0v) is 14.4. The first-order chi connectivity index (χ1) is 11.0. The van der Waals surface area contributed by atoms with Gasteiger partial charge in [-0.1, -0.05) is 31.5 Å². The van der Waals surface area contributed by atoms with Crippen LogP contribution < -0.4 is 0 Å². The Morgan fingerprint density at radius 2 is 2.17 bits per heavy atom. The Balaban J connectivity index is 2.49. The van der Waals surface area contributed by atoms with Crippen LogP contribution in [0.4, 0.5) is 0 Å². The number of likely N-dealkylation sites (N-methyl/N-ethyl adjacent to an activating group) is 1. The Morgan fingerprint density at radius 1 is 1.43 bits per heavy atom. The lowest BCUT2D eigenvalue weighted by molar-refractivity contribution is 0.0730. The molecule has 0 aliphatic carbocycles. The molecule has 2 aromatic rings. The van der Waals surface area contributed by atoms with Crippen molar-refractivity contribution in [1.82, 2.24) is 14.7 Å². The molecule has 5 nitrogen and oxygen atoms in total. The van der Waals surface area contributed by atoms with Crippen LogP contribution in [0.25, 0.3) is 5.69 Å². The number of benzene rings is 1. The summed E-state index contributed by atoms with van der Waals surface area (Å²) in [4.78, 5) is 14.4. The van der Waals surface area contributed by atoms with Crippen LogP contribution >= 0.6 is 11.6 Å². The number of amides is 1. The van der Waals surface area contributed by atoms with E-state index in [1.54, 1.807) is 21.8 Å². The third-order valence-electron chi connectivity index (χ3n) is 3.68. The summed E-state index contributed by atoms with van der Waals surface area (Å²) in [5.74, 6) is 0.00166. The highest BCUT2D eigenvalue weighted by atomic mass is 35.5. The van der Waals surface area contributed by atoms with Crippen LogP contribution in [0.15, 0.2) is 30.5 Å². The van der Waals surface area contributed by atoms with Gasteiger partial charge >= 0.3 is 0 Å². The van der Waals surface area contributed by atoms with Gasteiger partial charge in [-0.2, -0.15) is 5.10 Å². The topological polar surface area (TPSA) is 58.4 Å². The molecule has 6 heteroatoms. The molecule has 1 aromatic carbocycles. The monoisotopic (exact) mass is 335 g/mol. The summed E-state index contributed by atoms with van der Waals surface area (Å²) in [6, 6.07) is 7.38. The summed E-state index contributed by atoms with van der Waals surface area (Å²) >= 11 is 6.07. The Labute approximate surface area is 141 Å². The number of aliphatic hydroxyl groups is 1. The molecule has 23 heavy (non-hydrogen) atoms. The Hall–Kier alpha value is -1.85. The van der Waals surface area contributed by atoms with Crippen molar-refractivity contribution in [3.05, 3.63) is 46.7 Å². The summed E-state index contributed by atoms with van der Waals surface area (Å²) < 4.78 is 1.76. The van der Waals surface area contributed by atoms with Crippen molar-refractivity contribution in [2.75, 3.05) is 19.7 Å². The molecule has 1 aromatic heterocycles. The van der Waals surface area contributed by atoms with Crippen molar-refractivity contribution in [3.8, 4) is 5.69 Å². The SMILES string of the molecule is CCN(CCO)C(=O)c1cnn(-c2cccc(Cl)c2)c1C(C)C. The molecular formula is C17H22ClN3O2. The van der Waals surface area contributed by atoms with E-state index >= 15 is 0 Å². The van der Waals surface area contributed by atoms with E-state index in [4.69, 9.17) is 16.7 Å². The molecule has 0 aliphatic heterocycles. The molecule has 1 N–H and O–H groups in total. The number of nitrogens with zero attached hydrogens (tertiary/aromatic N) is 3. The van der Waals surface area contributed by atoms with Crippen molar-refractivity contribution in [2.24, 2.45) is 0 Å². The second-order valence-corrected chi connectivity index (χ2v) is 6.03. The molecule has 124 valence electrons. The van der Waals surface area contributed by atoms with Gasteiger partial charge in [-0.25, -0.2) is 4.68 Å². The second-order valence-electron chi connectivity index (χ2n) is 5.60. The molecule has 0 aliphatic rings. The lowest BCUT2D eigenvalue weighted by Gasteiger charge is -2.21. The predicted octanol–water partition coefficient (Wildman–Crippen LogP) is 3.10. The fourth-order valence-corrected chi connectivity index (χ4v) is 2.77. The molecule has 1 heterocycles. The minimum absolute atomic E-state index is 0.0565. The molecule has 0 saturated carbocycles. The minimum atomic E-state index is -0.112. The second kappa shape index (κ2) is 7.62. The first-order valence-corrected chi connectivity index (χ1v) is 8.11. The van der Waals surface area contributed by atoms with E-state index in [2.05, 4.69) is 5.10 Å². The molecule has 0 atom stereocenters. The maximum absolute atomic E-state index is 12.7. The van der Waals surface area contributed by atoms with Gasteiger partial charge in [0.05, 0.1) is 29.7 Å². The highest BCUT2D eigenvalue weighted by Gasteiger charge is 2.24. The zero-order valence-electron chi connectivity index (χ0n) is 13.7. The predicted molar refractivity (Wildman–Crippen MR) is 91.3 cm³/mol. The van der Waals surface area contributed by atoms with Gasteiger partial charge in [0.25, 0.3) is 5.91 Å². The van der Waals surface area contributed by atoms with Gasteiger partial charge in [0.2, 0.25) is 0 Å². The number of hydrogen-bond acceptors (Lipinski definition) is 3. The van der Waals surface area contributed by atoms with Crippen LogP contribution in [0.1, 0.15) is 42.7 Å².